The molecule has 6 nitrogen and oxygen atoms in total. The van der Waals surface area contributed by atoms with Crippen LogP contribution in [0.15, 0.2) is 97.1 Å². The second-order valence-electron chi connectivity index (χ2n) is 8.73. The van der Waals surface area contributed by atoms with Crippen LogP contribution in [-0.2, 0) is 6.61 Å². The van der Waals surface area contributed by atoms with Crippen LogP contribution in [-0.4, -0.2) is 16.1 Å². The fourth-order valence-corrected chi connectivity index (χ4v) is 4.88. The van der Waals surface area contributed by atoms with E-state index in [1.807, 2.05) is 72.8 Å². The Kier molecular flexibility index (Phi) is 5.44. The molecular weight excluding hydrogens is 448 g/mol. The van der Waals surface area contributed by atoms with E-state index >= 15 is 0 Å². The lowest BCUT2D eigenvalue weighted by Gasteiger charge is -2.28. The molecule has 0 radical (unpaired) electrons. The lowest BCUT2D eigenvalue weighted by Crippen LogP contribution is -2.30. The predicted octanol–water partition coefficient (Wildman–Crippen LogP) is 6.45. The SMILES string of the molecule is N#CC1C(=N)Oc2n[nH]c(-c3ccccc3)c2C1c1cccc(OCc2cccc3ccccc23)c1. The molecule has 6 heteroatoms. The number of hydrogen-bond acceptors (Lipinski definition) is 5. The molecule has 1 aromatic heterocycles. The van der Waals surface area contributed by atoms with Gasteiger partial charge in [0.1, 0.15) is 18.3 Å². The molecule has 2 unspecified atom stereocenters. The highest BCUT2D eigenvalue weighted by atomic mass is 16.5. The zero-order valence-electron chi connectivity index (χ0n) is 19.3. The van der Waals surface area contributed by atoms with E-state index in [1.165, 1.54) is 5.39 Å². The number of H-pyrrole nitrogens is 1. The molecule has 0 amide bonds. The van der Waals surface area contributed by atoms with Crippen molar-refractivity contribution < 1.29 is 9.47 Å². The summed E-state index contributed by atoms with van der Waals surface area (Å²) in [5.41, 5.74) is 4.46. The third-order valence-electron chi connectivity index (χ3n) is 6.60. The molecule has 2 heterocycles. The maximum atomic E-state index is 10.0. The van der Waals surface area contributed by atoms with Crippen LogP contribution in [0.5, 0.6) is 11.6 Å². The van der Waals surface area contributed by atoms with Gasteiger partial charge in [-0.2, -0.15) is 5.26 Å². The van der Waals surface area contributed by atoms with Crippen LogP contribution in [0.1, 0.15) is 22.6 Å². The van der Waals surface area contributed by atoms with Crippen molar-refractivity contribution in [1.82, 2.24) is 10.2 Å². The van der Waals surface area contributed by atoms with Crippen LogP contribution in [0.25, 0.3) is 22.0 Å². The number of benzene rings is 4. The molecule has 0 saturated carbocycles. The number of nitrogens with zero attached hydrogens (tertiary/aromatic N) is 2. The van der Waals surface area contributed by atoms with Crippen molar-refractivity contribution in [2.75, 3.05) is 0 Å². The van der Waals surface area contributed by atoms with E-state index in [-0.39, 0.29) is 5.90 Å². The number of ether oxygens (including phenoxy) is 2. The highest BCUT2D eigenvalue weighted by Gasteiger charge is 2.40. The van der Waals surface area contributed by atoms with Crippen LogP contribution in [0.4, 0.5) is 0 Å². The maximum absolute atomic E-state index is 10.0. The number of hydrogen-bond donors (Lipinski definition) is 2. The van der Waals surface area contributed by atoms with Crippen LogP contribution in [0.2, 0.25) is 0 Å². The third kappa shape index (κ3) is 3.77. The summed E-state index contributed by atoms with van der Waals surface area (Å²) in [7, 11) is 0. The first-order valence-electron chi connectivity index (χ1n) is 11.7. The first-order chi connectivity index (χ1) is 17.7. The van der Waals surface area contributed by atoms with Gasteiger partial charge in [0.2, 0.25) is 11.8 Å². The Balaban J connectivity index is 1.37. The van der Waals surface area contributed by atoms with Gasteiger partial charge in [0.15, 0.2) is 0 Å². The lowest BCUT2D eigenvalue weighted by atomic mass is 9.79. The summed E-state index contributed by atoms with van der Waals surface area (Å²) in [5.74, 6) is -0.297. The van der Waals surface area contributed by atoms with Gasteiger partial charge in [-0.25, -0.2) is 0 Å². The first-order valence-corrected chi connectivity index (χ1v) is 11.7. The molecule has 2 atom stereocenters. The van der Waals surface area contributed by atoms with Gasteiger partial charge in [0, 0.05) is 5.92 Å². The normalized spacial score (nSPS) is 16.7. The van der Waals surface area contributed by atoms with Gasteiger partial charge in [-0.15, -0.1) is 5.10 Å². The Morgan fingerprint density at radius 2 is 1.72 bits per heavy atom. The molecule has 0 aliphatic carbocycles. The number of fused-ring (bicyclic) bond motifs is 2. The first kappa shape index (κ1) is 21.6. The smallest absolute Gasteiger partial charge is 0.244 e. The second kappa shape index (κ2) is 9.05. The number of nitriles is 1. The van der Waals surface area contributed by atoms with E-state index in [0.717, 1.165) is 33.3 Å². The summed E-state index contributed by atoms with van der Waals surface area (Å²) in [4.78, 5) is 0. The van der Waals surface area contributed by atoms with Crippen molar-refractivity contribution >= 4 is 16.7 Å². The molecule has 4 aromatic carbocycles. The molecule has 1 aliphatic rings. The van der Waals surface area contributed by atoms with Crippen molar-refractivity contribution in [2.24, 2.45) is 5.92 Å². The van der Waals surface area contributed by atoms with Gasteiger partial charge < -0.3 is 9.47 Å². The minimum Gasteiger partial charge on any atom is -0.489 e. The van der Waals surface area contributed by atoms with Crippen molar-refractivity contribution in [1.29, 1.82) is 10.7 Å². The molecule has 0 bridgehead atoms. The van der Waals surface area contributed by atoms with Crippen LogP contribution in [0, 0.1) is 22.7 Å². The van der Waals surface area contributed by atoms with Gasteiger partial charge in [-0.05, 0) is 39.6 Å². The van der Waals surface area contributed by atoms with Crippen LogP contribution < -0.4 is 9.47 Å². The van der Waals surface area contributed by atoms with E-state index in [1.54, 1.807) is 0 Å². The van der Waals surface area contributed by atoms with Crippen molar-refractivity contribution in [3.8, 4) is 29.0 Å². The minimum atomic E-state index is -0.786. The van der Waals surface area contributed by atoms with E-state index in [4.69, 9.17) is 14.9 Å². The molecule has 5 aromatic rings. The molecule has 0 spiro atoms. The van der Waals surface area contributed by atoms with Gasteiger partial charge in [0.25, 0.3) is 0 Å². The predicted molar refractivity (Wildman–Crippen MR) is 138 cm³/mol. The standard InChI is InChI=1S/C30H22N4O2/c31-17-25-26(27-28(20-9-2-1-3-10-20)33-34-30(27)36-29(25)32)21-12-7-14-23(16-21)35-18-22-13-6-11-19-8-4-5-15-24(19)22/h1-16,25-26,32H,18H2,(H,33,34). The summed E-state index contributed by atoms with van der Waals surface area (Å²) in [6.45, 7) is 0.419. The lowest BCUT2D eigenvalue weighted by molar-refractivity contribution is 0.307. The zero-order chi connectivity index (χ0) is 24.5. The molecular formula is C30H22N4O2. The minimum absolute atomic E-state index is 0.108. The third-order valence-corrected chi connectivity index (χ3v) is 6.60. The Morgan fingerprint density at radius 3 is 2.58 bits per heavy atom. The van der Waals surface area contributed by atoms with E-state index < -0.39 is 11.8 Å². The fraction of sp³-hybridized carbons (Fsp3) is 0.100. The van der Waals surface area contributed by atoms with Gasteiger partial charge >= 0.3 is 0 Å². The largest absolute Gasteiger partial charge is 0.489 e. The topological polar surface area (TPSA) is 94.8 Å². The van der Waals surface area contributed by atoms with E-state index in [2.05, 4.69) is 40.5 Å². The molecule has 0 saturated heterocycles. The highest BCUT2D eigenvalue weighted by molar-refractivity contribution is 5.87. The highest BCUT2D eigenvalue weighted by Crippen LogP contribution is 2.46. The summed E-state index contributed by atoms with van der Waals surface area (Å²) < 4.78 is 11.9. The molecule has 174 valence electrons. The Morgan fingerprint density at radius 1 is 0.944 bits per heavy atom. The number of nitrogens with one attached hydrogen (secondary N) is 2. The van der Waals surface area contributed by atoms with Crippen molar-refractivity contribution in [2.45, 2.75) is 12.5 Å². The van der Waals surface area contributed by atoms with Gasteiger partial charge in [-0.3, -0.25) is 10.5 Å². The number of aromatic nitrogens is 2. The number of aromatic amines is 1. The Bertz CT molecular complexity index is 1610. The van der Waals surface area contributed by atoms with Crippen LogP contribution >= 0.6 is 0 Å². The van der Waals surface area contributed by atoms with Crippen molar-refractivity contribution in [3.05, 3.63) is 114 Å². The summed E-state index contributed by atoms with van der Waals surface area (Å²) in [6.07, 6.45) is 0. The maximum Gasteiger partial charge on any atom is 0.244 e. The zero-order valence-corrected chi connectivity index (χ0v) is 19.3. The quantitative estimate of drug-likeness (QED) is 0.309. The number of rotatable bonds is 5. The van der Waals surface area contributed by atoms with E-state index in [0.29, 0.717) is 18.2 Å². The van der Waals surface area contributed by atoms with E-state index in [9.17, 15) is 5.26 Å². The van der Waals surface area contributed by atoms with Gasteiger partial charge in [0.05, 0.1) is 17.3 Å². The van der Waals surface area contributed by atoms with Crippen molar-refractivity contribution in [3.63, 3.8) is 0 Å². The molecule has 2 N–H and O–H groups in total. The summed E-state index contributed by atoms with van der Waals surface area (Å²) in [6, 6.07) is 34.3. The van der Waals surface area contributed by atoms with Gasteiger partial charge in [-0.1, -0.05) is 84.9 Å². The fourth-order valence-electron chi connectivity index (χ4n) is 4.88. The molecule has 0 fully saturated rings. The molecule has 36 heavy (non-hydrogen) atoms. The average Bonchev–Trinajstić information content (AvgIpc) is 3.35. The summed E-state index contributed by atoms with van der Waals surface area (Å²) in [5, 5.41) is 28.1. The monoisotopic (exact) mass is 470 g/mol. The molecule has 6 rings (SSSR count). The summed E-state index contributed by atoms with van der Waals surface area (Å²) >= 11 is 0. The average molecular weight is 471 g/mol. The molecule has 1 aliphatic heterocycles. The Labute approximate surface area is 208 Å². The van der Waals surface area contributed by atoms with Crippen LogP contribution in [0.3, 0.4) is 0 Å². The second-order valence-corrected chi connectivity index (χ2v) is 8.73. The Hall–Kier alpha value is -4.89.